The number of H-pyrrole nitrogens is 1. The van der Waals surface area contributed by atoms with Gasteiger partial charge in [-0.15, -0.1) is 5.10 Å². The molecule has 4 aromatic rings. The lowest BCUT2D eigenvalue weighted by Crippen LogP contribution is -2.28. The zero-order chi connectivity index (χ0) is 23.7. The lowest BCUT2D eigenvalue weighted by Gasteiger charge is -2.22. The van der Waals surface area contributed by atoms with Gasteiger partial charge in [0.15, 0.2) is 5.43 Å². The molecule has 0 unspecified atom stereocenters. The number of pyridine rings is 1. The zero-order valence-corrected chi connectivity index (χ0v) is 18.8. The van der Waals surface area contributed by atoms with Gasteiger partial charge in [0.1, 0.15) is 11.5 Å². The van der Waals surface area contributed by atoms with Crippen molar-refractivity contribution >= 4 is 22.7 Å². The molecule has 1 aliphatic heterocycles. The number of para-hydroxylation sites is 1. The van der Waals surface area contributed by atoms with E-state index in [1.165, 1.54) is 0 Å². The molecule has 0 bridgehead atoms. The first kappa shape index (κ1) is 21.8. The molecule has 174 valence electrons. The van der Waals surface area contributed by atoms with Crippen LogP contribution in [0.2, 0.25) is 0 Å². The SMILES string of the molecule is Cc1cc(Cn2cc(-c3cccc4c(=O)cc(N5CCCOCC5)[nH]c34)nn2)ccc1C(=O)O. The minimum absolute atomic E-state index is 0.0443. The number of aromatic amines is 1. The number of benzene rings is 2. The van der Waals surface area contributed by atoms with Crippen molar-refractivity contribution in [3.8, 4) is 11.3 Å². The van der Waals surface area contributed by atoms with Crippen molar-refractivity contribution in [2.45, 2.75) is 19.9 Å². The summed E-state index contributed by atoms with van der Waals surface area (Å²) >= 11 is 0. The maximum atomic E-state index is 12.9. The third-order valence-corrected chi connectivity index (χ3v) is 6.09. The van der Waals surface area contributed by atoms with Gasteiger partial charge in [-0.2, -0.15) is 0 Å². The molecule has 2 aromatic heterocycles. The molecule has 0 saturated carbocycles. The lowest BCUT2D eigenvalue weighted by atomic mass is 10.1. The topological polar surface area (TPSA) is 113 Å². The number of anilines is 1. The third-order valence-electron chi connectivity index (χ3n) is 6.09. The third kappa shape index (κ3) is 4.29. The molecule has 0 atom stereocenters. The van der Waals surface area contributed by atoms with Gasteiger partial charge in [-0.05, 0) is 36.6 Å². The second kappa shape index (κ2) is 9.11. The van der Waals surface area contributed by atoms with Crippen LogP contribution in [0.5, 0.6) is 0 Å². The van der Waals surface area contributed by atoms with Gasteiger partial charge < -0.3 is 19.7 Å². The van der Waals surface area contributed by atoms with Crippen LogP contribution in [0.15, 0.2) is 53.5 Å². The van der Waals surface area contributed by atoms with Crippen LogP contribution in [0.4, 0.5) is 5.82 Å². The number of hydrogen-bond acceptors (Lipinski definition) is 6. The first-order valence-electron chi connectivity index (χ1n) is 11.2. The molecule has 9 heteroatoms. The first-order chi connectivity index (χ1) is 16.5. The molecule has 1 aliphatic rings. The van der Waals surface area contributed by atoms with Crippen LogP contribution in [-0.2, 0) is 11.3 Å². The molecule has 1 fully saturated rings. The summed E-state index contributed by atoms with van der Waals surface area (Å²) in [5.41, 5.74) is 4.04. The summed E-state index contributed by atoms with van der Waals surface area (Å²) in [6.45, 7) is 5.12. The number of aromatic carboxylic acids is 1. The average molecular weight is 460 g/mol. The van der Waals surface area contributed by atoms with E-state index in [9.17, 15) is 14.7 Å². The molecule has 9 nitrogen and oxygen atoms in total. The summed E-state index contributed by atoms with van der Waals surface area (Å²) in [5.74, 6) is -0.166. The summed E-state index contributed by atoms with van der Waals surface area (Å²) < 4.78 is 7.26. The molecule has 3 heterocycles. The second-order valence-electron chi connectivity index (χ2n) is 8.46. The normalized spacial score (nSPS) is 14.3. The van der Waals surface area contributed by atoms with Crippen molar-refractivity contribution in [3.05, 3.63) is 75.6 Å². The van der Waals surface area contributed by atoms with Crippen molar-refractivity contribution in [3.63, 3.8) is 0 Å². The Bertz CT molecular complexity index is 1420. The lowest BCUT2D eigenvalue weighted by molar-refractivity contribution is 0.0696. The molecular weight excluding hydrogens is 434 g/mol. The van der Waals surface area contributed by atoms with E-state index in [4.69, 9.17) is 4.74 Å². The fraction of sp³-hybridized carbons (Fsp3) is 0.280. The number of rotatable bonds is 5. The zero-order valence-electron chi connectivity index (χ0n) is 18.8. The van der Waals surface area contributed by atoms with Crippen molar-refractivity contribution in [2.24, 2.45) is 0 Å². The highest BCUT2D eigenvalue weighted by molar-refractivity contribution is 5.93. The van der Waals surface area contributed by atoms with Gasteiger partial charge in [-0.25, -0.2) is 9.48 Å². The quantitative estimate of drug-likeness (QED) is 0.472. The Labute approximate surface area is 195 Å². The number of aryl methyl sites for hydroxylation is 1. The predicted octanol–water partition coefficient (Wildman–Crippen LogP) is 3.07. The Morgan fingerprint density at radius 2 is 2.06 bits per heavy atom. The van der Waals surface area contributed by atoms with E-state index in [0.29, 0.717) is 29.8 Å². The number of hydrogen-bond donors (Lipinski definition) is 2. The van der Waals surface area contributed by atoms with Crippen LogP contribution in [-0.4, -0.2) is 57.4 Å². The number of ether oxygens (including phenoxy) is 1. The number of carbonyl (C=O) groups is 1. The van der Waals surface area contributed by atoms with Crippen molar-refractivity contribution in [1.82, 2.24) is 20.0 Å². The van der Waals surface area contributed by atoms with Gasteiger partial charge in [-0.3, -0.25) is 4.79 Å². The van der Waals surface area contributed by atoms with E-state index >= 15 is 0 Å². The van der Waals surface area contributed by atoms with Crippen LogP contribution >= 0.6 is 0 Å². The fourth-order valence-electron chi connectivity index (χ4n) is 4.38. The van der Waals surface area contributed by atoms with E-state index < -0.39 is 5.97 Å². The largest absolute Gasteiger partial charge is 0.478 e. The standard InChI is InChI=1S/C25H25N5O4/c1-16-12-17(6-7-18(16)25(32)33)14-30-15-21(27-28-30)19-4-2-5-20-22(31)13-23(26-24(19)20)29-8-3-10-34-11-9-29/h2,4-7,12-13,15H,3,8-11,14H2,1H3,(H,26,31)(H,32,33). The summed E-state index contributed by atoms with van der Waals surface area (Å²) in [6, 6.07) is 12.5. The Kier molecular flexibility index (Phi) is 5.85. The van der Waals surface area contributed by atoms with E-state index in [2.05, 4.69) is 20.2 Å². The molecule has 34 heavy (non-hydrogen) atoms. The summed E-state index contributed by atoms with van der Waals surface area (Å²) in [4.78, 5) is 29.8. The van der Waals surface area contributed by atoms with E-state index in [1.807, 2.05) is 30.5 Å². The number of carboxylic acids is 1. The van der Waals surface area contributed by atoms with E-state index in [0.717, 1.165) is 48.6 Å². The van der Waals surface area contributed by atoms with Crippen LogP contribution in [0.1, 0.15) is 27.9 Å². The fourth-order valence-corrected chi connectivity index (χ4v) is 4.38. The smallest absolute Gasteiger partial charge is 0.335 e. The number of nitrogens with zero attached hydrogens (tertiary/aromatic N) is 4. The molecule has 2 aromatic carbocycles. The van der Waals surface area contributed by atoms with Crippen molar-refractivity contribution < 1.29 is 14.6 Å². The van der Waals surface area contributed by atoms with Crippen LogP contribution in [0.25, 0.3) is 22.2 Å². The molecule has 1 saturated heterocycles. The Hall–Kier alpha value is -3.98. The molecule has 0 amide bonds. The number of carboxylic acid groups (broad SMARTS) is 1. The van der Waals surface area contributed by atoms with Gasteiger partial charge in [0, 0.05) is 36.7 Å². The van der Waals surface area contributed by atoms with E-state index in [-0.39, 0.29) is 11.0 Å². The van der Waals surface area contributed by atoms with Gasteiger partial charge in [0.2, 0.25) is 0 Å². The first-order valence-corrected chi connectivity index (χ1v) is 11.2. The predicted molar refractivity (Wildman–Crippen MR) is 128 cm³/mol. The summed E-state index contributed by atoms with van der Waals surface area (Å²) in [5, 5.41) is 18.4. The highest BCUT2D eigenvalue weighted by Crippen LogP contribution is 2.26. The van der Waals surface area contributed by atoms with Crippen LogP contribution < -0.4 is 10.3 Å². The van der Waals surface area contributed by atoms with Crippen LogP contribution in [0, 0.1) is 6.92 Å². The molecule has 0 aliphatic carbocycles. The van der Waals surface area contributed by atoms with Gasteiger partial charge in [0.25, 0.3) is 0 Å². The molecule has 0 spiro atoms. The Morgan fingerprint density at radius 1 is 1.18 bits per heavy atom. The maximum Gasteiger partial charge on any atom is 0.335 e. The van der Waals surface area contributed by atoms with Gasteiger partial charge in [-0.1, -0.05) is 29.5 Å². The minimum Gasteiger partial charge on any atom is -0.478 e. The van der Waals surface area contributed by atoms with E-state index in [1.54, 1.807) is 29.8 Å². The Morgan fingerprint density at radius 3 is 2.88 bits per heavy atom. The minimum atomic E-state index is -0.941. The molecular formula is C25H25N5O4. The van der Waals surface area contributed by atoms with Crippen molar-refractivity contribution in [1.29, 1.82) is 0 Å². The molecule has 2 N–H and O–H groups in total. The Balaban J connectivity index is 1.48. The van der Waals surface area contributed by atoms with Crippen LogP contribution in [0.3, 0.4) is 0 Å². The molecule has 0 radical (unpaired) electrons. The molecule has 5 rings (SSSR count). The monoisotopic (exact) mass is 459 g/mol. The number of fused-ring (bicyclic) bond motifs is 1. The second-order valence-corrected chi connectivity index (χ2v) is 8.46. The number of nitrogens with one attached hydrogen (secondary N) is 1. The van der Waals surface area contributed by atoms with Gasteiger partial charge >= 0.3 is 5.97 Å². The highest BCUT2D eigenvalue weighted by Gasteiger charge is 2.16. The maximum absolute atomic E-state index is 12.9. The number of aromatic nitrogens is 4. The average Bonchev–Trinajstić information content (AvgIpc) is 3.10. The summed E-state index contributed by atoms with van der Waals surface area (Å²) in [7, 11) is 0. The van der Waals surface area contributed by atoms with Crippen molar-refractivity contribution in [2.75, 3.05) is 31.2 Å². The summed E-state index contributed by atoms with van der Waals surface area (Å²) in [6.07, 6.45) is 2.74. The van der Waals surface area contributed by atoms with Gasteiger partial charge in [0.05, 0.1) is 30.4 Å². The highest BCUT2D eigenvalue weighted by atomic mass is 16.5.